The molecule has 0 fully saturated rings. The van der Waals surface area contributed by atoms with Gasteiger partial charge in [-0.05, 0) is 6.07 Å². The van der Waals surface area contributed by atoms with Gasteiger partial charge in [0.1, 0.15) is 6.07 Å². The third-order valence-corrected chi connectivity index (χ3v) is 1.81. The van der Waals surface area contributed by atoms with Crippen LogP contribution < -0.4 is 0 Å². The Morgan fingerprint density at radius 2 is 2.42 bits per heavy atom. The Hall–Kier alpha value is -0.950. The molecule has 0 N–H and O–H groups in total. The first-order valence-corrected chi connectivity index (χ1v) is 4.51. The van der Waals surface area contributed by atoms with Crippen LogP contribution in [0.25, 0.3) is 0 Å². The molecule has 0 atom stereocenters. The van der Waals surface area contributed by atoms with Crippen molar-refractivity contribution in [3.05, 3.63) is 29.3 Å². The Bertz CT molecular complexity index is 319. The van der Waals surface area contributed by atoms with Crippen molar-refractivity contribution >= 4 is 15.9 Å². The van der Waals surface area contributed by atoms with Crippen LogP contribution in [0.15, 0.2) is 12.3 Å². The van der Waals surface area contributed by atoms with E-state index in [2.05, 4.69) is 20.9 Å². The molecule has 0 amide bonds. The lowest BCUT2D eigenvalue weighted by Gasteiger charge is -1.99. The topological polar surface area (TPSA) is 36.7 Å². The SMILES string of the molecule is N#Cc1ccnc(CCBr)c1F. The molecule has 0 saturated carbocycles. The van der Waals surface area contributed by atoms with Crippen LogP contribution in [0.5, 0.6) is 0 Å². The summed E-state index contributed by atoms with van der Waals surface area (Å²) in [6.45, 7) is 0. The van der Waals surface area contributed by atoms with E-state index < -0.39 is 5.82 Å². The maximum atomic E-state index is 13.2. The first kappa shape index (κ1) is 9.14. The standard InChI is InChI=1S/C8H6BrFN2/c9-3-1-7-8(10)6(5-11)2-4-12-7/h2,4H,1,3H2. The largest absolute Gasteiger partial charge is 0.258 e. The Morgan fingerprint density at radius 3 is 3.00 bits per heavy atom. The fourth-order valence-electron chi connectivity index (χ4n) is 0.837. The molecule has 1 aromatic rings. The van der Waals surface area contributed by atoms with Crippen LogP contribution in [-0.2, 0) is 6.42 Å². The fraction of sp³-hybridized carbons (Fsp3) is 0.250. The number of hydrogen-bond donors (Lipinski definition) is 0. The van der Waals surface area contributed by atoms with Gasteiger partial charge in [-0.15, -0.1) is 0 Å². The van der Waals surface area contributed by atoms with Crippen LogP contribution in [0.3, 0.4) is 0 Å². The van der Waals surface area contributed by atoms with E-state index in [0.29, 0.717) is 17.4 Å². The summed E-state index contributed by atoms with van der Waals surface area (Å²) in [5.74, 6) is -0.501. The van der Waals surface area contributed by atoms with Crippen molar-refractivity contribution in [1.82, 2.24) is 4.98 Å². The second kappa shape index (κ2) is 4.17. The molecule has 0 spiro atoms. The molecular weight excluding hydrogens is 223 g/mol. The summed E-state index contributed by atoms with van der Waals surface area (Å²) < 4.78 is 13.2. The van der Waals surface area contributed by atoms with E-state index in [1.165, 1.54) is 12.3 Å². The number of nitriles is 1. The maximum absolute atomic E-state index is 13.2. The van der Waals surface area contributed by atoms with E-state index in [1.807, 2.05) is 0 Å². The van der Waals surface area contributed by atoms with Crippen molar-refractivity contribution in [2.24, 2.45) is 0 Å². The predicted molar refractivity (Wildman–Crippen MR) is 46.4 cm³/mol. The minimum atomic E-state index is -0.501. The van der Waals surface area contributed by atoms with E-state index in [0.717, 1.165) is 0 Å². The molecule has 0 aliphatic carbocycles. The Morgan fingerprint density at radius 1 is 1.67 bits per heavy atom. The van der Waals surface area contributed by atoms with E-state index >= 15 is 0 Å². The molecule has 12 heavy (non-hydrogen) atoms. The van der Waals surface area contributed by atoms with E-state index in [4.69, 9.17) is 5.26 Å². The molecule has 0 aromatic carbocycles. The molecular formula is C8H6BrFN2. The molecule has 62 valence electrons. The highest BCUT2D eigenvalue weighted by Crippen LogP contribution is 2.10. The number of nitrogens with zero attached hydrogens (tertiary/aromatic N) is 2. The first-order valence-electron chi connectivity index (χ1n) is 3.39. The zero-order valence-electron chi connectivity index (χ0n) is 6.22. The highest BCUT2D eigenvalue weighted by molar-refractivity contribution is 9.09. The van der Waals surface area contributed by atoms with Crippen molar-refractivity contribution in [3.8, 4) is 6.07 Å². The zero-order chi connectivity index (χ0) is 8.97. The number of rotatable bonds is 2. The lowest BCUT2D eigenvalue weighted by molar-refractivity contribution is 0.598. The molecule has 1 heterocycles. The second-order valence-corrected chi connectivity index (χ2v) is 2.96. The predicted octanol–water partition coefficient (Wildman–Crippen LogP) is 2.03. The highest BCUT2D eigenvalue weighted by atomic mass is 79.9. The highest BCUT2D eigenvalue weighted by Gasteiger charge is 2.07. The molecule has 2 nitrogen and oxygen atoms in total. The van der Waals surface area contributed by atoms with Gasteiger partial charge in [-0.1, -0.05) is 15.9 Å². The van der Waals surface area contributed by atoms with Gasteiger partial charge in [-0.25, -0.2) is 4.39 Å². The van der Waals surface area contributed by atoms with Gasteiger partial charge >= 0.3 is 0 Å². The van der Waals surface area contributed by atoms with Gasteiger partial charge in [0.25, 0.3) is 0 Å². The van der Waals surface area contributed by atoms with Crippen LogP contribution in [0, 0.1) is 17.1 Å². The quantitative estimate of drug-likeness (QED) is 0.727. The minimum absolute atomic E-state index is 0.0564. The van der Waals surface area contributed by atoms with Crippen LogP contribution in [-0.4, -0.2) is 10.3 Å². The van der Waals surface area contributed by atoms with Gasteiger partial charge in [0.15, 0.2) is 5.82 Å². The van der Waals surface area contributed by atoms with Gasteiger partial charge < -0.3 is 0 Å². The number of alkyl halides is 1. The molecule has 0 aliphatic heterocycles. The van der Waals surface area contributed by atoms with Crippen LogP contribution >= 0.6 is 15.9 Å². The van der Waals surface area contributed by atoms with Crippen molar-refractivity contribution in [3.63, 3.8) is 0 Å². The Kier molecular flexibility index (Phi) is 3.18. The number of hydrogen-bond acceptors (Lipinski definition) is 2. The Labute approximate surface area is 78.2 Å². The number of halogens is 2. The van der Waals surface area contributed by atoms with Crippen molar-refractivity contribution in [2.45, 2.75) is 6.42 Å². The average molecular weight is 229 g/mol. The molecule has 0 saturated heterocycles. The third kappa shape index (κ3) is 1.80. The average Bonchev–Trinajstić information content (AvgIpc) is 2.09. The van der Waals surface area contributed by atoms with E-state index in [9.17, 15) is 4.39 Å². The summed E-state index contributed by atoms with van der Waals surface area (Å²) in [6, 6.07) is 3.13. The summed E-state index contributed by atoms with van der Waals surface area (Å²) >= 11 is 3.18. The number of pyridine rings is 1. The van der Waals surface area contributed by atoms with Gasteiger partial charge in [0.05, 0.1) is 11.3 Å². The molecule has 1 aromatic heterocycles. The van der Waals surface area contributed by atoms with Crippen LogP contribution in [0.4, 0.5) is 4.39 Å². The van der Waals surface area contributed by atoms with Gasteiger partial charge in [-0.3, -0.25) is 4.98 Å². The second-order valence-electron chi connectivity index (χ2n) is 2.17. The lowest BCUT2D eigenvalue weighted by Crippen LogP contribution is -1.98. The van der Waals surface area contributed by atoms with Crippen molar-refractivity contribution in [2.75, 3.05) is 5.33 Å². The number of aryl methyl sites for hydroxylation is 1. The van der Waals surface area contributed by atoms with Crippen LogP contribution in [0.1, 0.15) is 11.3 Å². The zero-order valence-corrected chi connectivity index (χ0v) is 7.81. The normalized spacial score (nSPS) is 9.42. The van der Waals surface area contributed by atoms with E-state index in [1.54, 1.807) is 6.07 Å². The maximum Gasteiger partial charge on any atom is 0.162 e. The smallest absolute Gasteiger partial charge is 0.162 e. The molecule has 0 bridgehead atoms. The minimum Gasteiger partial charge on any atom is -0.258 e. The molecule has 0 aliphatic rings. The summed E-state index contributed by atoms with van der Waals surface area (Å²) in [5.41, 5.74) is 0.395. The summed E-state index contributed by atoms with van der Waals surface area (Å²) in [7, 11) is 0. The molecule has 0 unspecified atom stereocenters. The van der Waals surface area contributed by atoms with Gasteiger partial charge in [0, 0.05) is 17.9 Å². The summed E-state index contributed by atoms with van der Waals surface area (Å²) in [4.78, 5) is 3.82. The molecule has 4 heteroatoms. The van der Waals surface area contributed by atoms with Gasteiger partial charge in [-0.2, -0.15) is 5.26 Å². The van der Waals surface area contributed by atoms with Crippen LogP contribution in [0.2, 0.25) is 0 Å². The fourth-order valence-corrected chi connectivity index (χ4v) is 1.21. The van der Waals surface area contributed by atoms with Crippen molar-refractivity contribution < 1.29 is 4.39 Å². The third-order valence-electron chi connectivity index (χ3n) is 1.41. The lowest BCUT2D eigenvalue weighted by atomic mass is 10.2. The van der Waals surface area contributed by atoms with E-state index in [-0.39, 0.29) is 5.56 Å². The Balaban J connectivity index is 3.07. The first-order chi connectivity index (χ1) is 5.79. The molecule has 0 radical (unpaired) electrons. The number of aromatic nitrogens is 1. The monoisotopic (exact) mass is 228 g/mol. The summed E-state index contributed by atoms with van der Waals surface area (Å²) in [5, 5.41) is 9.13. The van der Waals surface area contributed by atoms with Gasteiger partial charge in [0.2, 0.25) is 0 Å². The van der Waals surface area contributed by atoms with Crippen molar-refractivity contribution in [1.29, 1.82) is 5.26 Å². The summed E-state index contributed by atoms with van der Waals surface area (Å²) in [6.07, 6.45) is 1.95. The molecule has 1 rings (SSSR count).